The van der Waals surface area contributed by atoms with Gasteiger partial charge in [0, 0.05) is 28.6 Å². The van der Waals surface area contributed by atoms with E-state index in [-0.39, 0.29) is 17.5 Å². The fourth-order valence-corrected chi connectivity index (χ4v) is 5.92. The number of hydrogen-bond donors (Lipinski definition) is 0. The first-order chi connectivity index (χ1) is 15.8. The topological polar surface area (TPSA) is 93.6 Å². The van der Waals surface area contributed by atoms with E-state index in [0.717, 1.165) is 5.56 Å². The van der Waals surface area contributed by atoms with Gasteiger partial charge in [-0.3, -0.25) is 4.79 Å². The van der Waals surface area contributed by atoms with Crippen molar-refractivity contribution >= 4 is 44.2 Å². The van der Waals surface area contributed by atoms with Crippen molar-refractivity contribution in [3.8, 4) is 11.3 Å². The summed E-state index contributed by atoms with van der Waals surface area (Å²) in [7, 11) is -3.13. The highest BCUT2D eigenvalue weighted by Crippen LogP contribution is 2.26. The lowest BCUT2D eigenvalue weighted by molar-refractivity contribution is -0.136. The number of carbonyl (C=O) groups is 2. The summed E-state index contributed by atoms with van der Waals surface area (Å²) in [4.78, 5) is 31.8. The first-order valence-corrected chi connectivity index (χ1v) is 12.8. The van der Waals surface area contributed by atoms with Crippen LogP contribution >= 0.6 is 11.6 Å². The average molecular weight is 487 g/mol. The summed E-state index contributed by atoms with van der Waals surface area (Å²) in [6, 6.07) is 15.6. The highest BCUT2D eigenvalue weighted by Gasteiger charge is 2.34. The van der Waals surface area contributed by atoms with Gasteiger partial charge < -0.3 is 9.64 Å². The Kier molecular flexibility index (Phi) is 6.67. The molecule has 1 saturated heterocycles. The molecule has 0 aliphatic carbocycles. The van der Waals surface area contributed by atoms with E-state index >= 15 is 0 Å². The molecule has 1 amide bonds. The minimum atomic E-state index is -3.13. The van der Waals surface area contributed by atoms with Crippen molar-refractivity contribution in [3.05, 3.63) is 65.2 Å². The van der Waals surface area contributed by atoms with Gasteiger partial charge in [-0.2, -0.15) is 0 Å². The van der Waals surface area contributed by atoms with E-state index in [9.17, 15) is 18.0 Å². The Morgan fingerprint density at radius 1 is 1.15 bits per heavy atom. The molecule has 0 N–H and O–H groups in total. The Bertz CT molecular complexity index is 1310. The number of ether oxygens (including phenoxy) is 1. The average Bonchev–Trinajstić information content (AvgIpc) is 3.16. The first-order valence-electron chi connectivity index (χ1n) is 10.6. The Balaban J connectivity index is 1.56. The predicted octanol–water partition coefficient (Wildman–Crippen LogP) is 3.75. The van der Waals surface area contributed by atoms with Crippen LogP contribution in [0.25, 0.3) is 22.2 Å². The molecular weight excluding hydrogens is 464 g/mol. The normalized spacial score (nSPS) is 17.1. The number of amides is 1. The Morgan fingerprint density at radius 3 is 2.55 bits per heavy atom. The lowest BCUT2D eigenvalue weighted by Crippen LogP contribution is -2.43. The number of para-hydroxylation sites is 1. The van der Waals surface area contributed by atoms with Crippen molar-refractivity contribution in [1.29, 1.82) is 0 Å². The number of pyridine rings is 1. The number of hydrogen-bond acceptors (Lipinski definition) is 6. The standard InChI is InChI=1S/C24H23ClN2O5S/c1-2-27(18-11-12-33(30,31)15-18)23(28)14-32-24(29)20-13-22(16-7-9-17(25)10-8-16)26-21-6-4-3-5-19(20)21/h3-10,13,18H,2,11-12,14-15H2,1H3/t18-/m0/s1. The molecule has 1 atom stereocenters. The minimum Gasteiger partial charge on any atom is -0.452 e. The van der Waals surface area contributed by atoms with E-state index in [2.05, 4.69) is 4.98 Å². The summed E-state index contributed by atoms with van der Waals surface area (Å²) in [6.45, 7) is 1.66. The zero-order chi connectivity index (χ0) is 23.6. The molecular formula is C24H23ClN2O5S. The van der Waals surface area contributed by atoms with Crippen LogP contribution in [0.5, 0.6) is 0 Å². The van der Waals surface area contributed by atoms with Crippen LogP contribution in [-0.4, -0.2) is 60.9 Å². The number of aromatic nitrogens is 1. The third-order valence-electron chi connectivity index (χ3n) is 5.71. The number of rotatable bonds is 6. The van der Waals surface area contributed by atoms with Gasteiger partial charge in [0.2, 0.25) is 0 Å². The Hall–Kier alpha value is -2.97. The molecule has 0 radical (unpaired) electrons. The van der Waals surface area contributed by atoms with Crippen LogP contribution < -0.4 is 0 Å². The van der Waals surface area contributed by atoms with Crippen LogP contribution in [0.2, 0.25) is 5.02 Å². The molecule has 0 spiro atoms. The maximum absolute atomic E-state index is 13.0. The van der Waals surface area contributed by atoms with Gasteiger partial charge in [-0.15, -0.1) is 0 Å². The number of halogens is 1. The third-order valence-corrected chi connectivity index (χ3v) is 7.72. The highest BCUT2D eigenvalue weighted by molar-refractivity contribution is 7.91. The summed E-state index contributed by atoms with van der Waals surface area (Å²) in [5.74, 6) is -1.05. The molecule has 172 valence electrons. The Labute approximate surface area is 197 Å². The fraction of sp³-hybridized carbons (Fsp3) is 0.292. The number of benzene rings is 2. The maximum atomic E-state index is 13.0. The SMILES string of the molecule is CCN(C(=O)COC(=O)c1cc(-c2ccc(Cl)cc2)nc2ccccc12)[C@H]1CCS(=O)(=O)C1. The van der Waals surface area contributed by atoms with Gasteiger partial charge in [-0.1, -0.05) is 41.9 Å². The van der Waals surface area contributed by atoms with Crippen LogP contribution in [0.4, 0.5) is 0 Å². The lowest BCUT2D eigenvalue weighted by Gasteiger charge is -2.26. The summed E-state index contributed by atoms with van der Waals surface area (Å²) < 4.78 is 29.0. The molecule has 4 rings (SSSR count). The largest absolute Gasteiger partial charge is 0.452 e. The second-order valence-corrected chi connectivity index (χ2v) is 10.6. The molecule has 2 aromatic carbocycles. The molecule has 1 aromatic heterocycles. The predicted molar refractivity (Wildman–Crippen MR) is 127 cm³/mol. The maximum Gasteiger partial charge on any atom is 0.339 e. The van der Waals surface area contributed by atoms with Crippen LogP contribution in [0.3, 0.4) is 0 Å². The second-order valence-electron chi connectivity index (χ2n) is 7.89. The van der Waals surface area contributed by atoms with Gasteiger partial charge in [0.25, 0.3) is 5.91 Å². The van der Waals surface area contributed by atoms with Crippen molar-refractivity contribution in [2.45, 2.75) is 19.4 Å². The van der Waals surface area contributed by atoms with Crippen LogP contribution in [-0.2, 0) is 19.4 Å². The smallest absolute Gasteiger partial charge is 0.339 e. The van der Waals surface area contributed by atoms with Crippen molar-refractivity contribution < 1.29 is 22.7 Å². The van der Waals surface area contributed by atoms with Gasteiger partial charge in [0.1, 0.15) is 0 Å². The van der Waals surface area contributed by atoms with E-state index in [0.29, 0.717) is 40.1 Å². The molecule has 1 aliphatic rings. The van der Waals surface area contributed by atoms with E-state index in [1.807, 2.05) is 18.2 Å². The van der Waals surface area contributed by atoms with E-state index in [4.69, 9.17) is 16.3 Å². The molecule has 3 aromatic rings. The molecule has 0 unspecified atom stereocenters. The fourth-order valence-electron chi connectivity index (χ4n) is 4.06. The lowest BCUT2D eigenvalue weighted by atomic mass is 10.0. The molecule has 2 heterocycles. The zero-order valence-corrected chi connectivity index (χ0v) is 19.6. The van der Waals surface area contributed by atoms with Crippen LogP contribution in [0.1, 0.15) is 23.7 Å². The van der Waals surface area contributed by atoms with Gasteiger partial charge in [0.05, 0.1) is 28.3 Å². The van der Waals surface area contributed by atoms with E-state index in [1.54, 1.807) is 43.3 Å². The molecule has 1 fully saturated rings. The summed E-state index contributed by atoms with van der Waals surface area (Å²) in [5.41, 5.74) is 2.28. The monoisotopic (exact) mass is 486 g/mol. The number of sulfone groups is 1. The van der Waals surface area contributed by atoms with Crippen molar-refractivity contribution in [3.63, 3.8) is 0 Å². The van der Waals surface area contributed by atoms with Crippen LogP contribution in [0, 0.1) is 0 Å². The molecule has 0 bridgehead atoms. The molecule has 9 heteroatoms. The number of carbonyl (C=O) groups excluding carboxylic acids is 2. The zero-order valence-electron chi connectivity index (χ0n) is 18.0. The number of esters is 1. The third kappa shape index (κ3) is 5.17. The van der Waals surface area contributed by atoms with Gasteiger partial charge in [0.15, 0.2) is 16.4 Å². The van der Waals surface area contributed by atoms with Crippen LogP contribution in [0.15, 0.2) is 54.6 Å². The second kappa shape index (κ2) is 9.49. The number of fused-ring (bicyclic) bond motifs is 1. The molecule has 0 saturated carbocycles. The van der Waals surface area contributed by atoms with Crippen molar-refractivity contribution in [2.24, 2.45) is 0 Å². The van der Waals surface area contributed by atoms with Gasteiger partial charge in [-0.25, -0.2) is 18.2 Å². The van der Waals surface area contributed by atoms with Crippen molar-refractivity contribution in [1.82, 2.24) is 9.88 Å². The van der Waals surface area contributed by atoms with Gasteiger partial charge in [-0.05, 0) is 37.6 Å². The highest BCUT2D eigenvalue weighted by atomic mass is 35.5. The first kappa shape index (κ1) is 23.2. The quantitative estimate of drug-likeness (QED) is 0.492. The van der Waals surface area contributed by atoms with E-state index in [1.165, 1.54) is 4.90 Å². The summed E-state index contributed by atoms with van der Waals surface area (Å²) >= 11 is 5.98. The van der Waals surface area contributed by atoms with Crippen molar-refractivity contribution in [2.75, 3.05) is 24.7 Å². The minimum absolute atomic E-state index is 0.0556. The number of nitrogens with zero attached hydrogens (tertiary/aromatic N) is 2. The summed E-state index contributed by atoms with van der Waals surface area (Å²) in [5, 5.41) is 1.20. The molecule has 7 nitrogen and oxygen atoms in total. The Morgan fingerprint density at radius 2 is 1.88 bits per heavy atom. The number of likely N-dealkylation sites (N-methyl/N-ethyl adjacent to an activating group) is 1. The summed E-state index contributed by atoms with van der Waals surface area (Å²) in [6.07, 6.45) is 0.398. The van der Waals surface area contributed by atoms with E-state index < -0.39 is 28.3 Å². The molecule has 1 aliphatic heterocycles. The molecule has 33 heavy (non-hydrogen) atoms. The van der Waals surface area contributed by atoms with Gasteiger partial charge >= 0.3 is 5.97 Å².